The zero-order valence-electron chi connectivity index (χ0n) is 11.4. The van der Waals surface area contributed by atoms with Gasteiger partial charge in [0, 0.05) is 0 Å². The minimum Gasteiger partial charge on any atom is -0.489 e. The van der Waals surface area contributed by atoms with Crippen molar-refractivity contribution < 1.29 is 19.8 Å². The van der Waals surface area contributed by atoms with Crippen LogP contribution in [0.15, 0.2) is 54.6 Å². The highest BCUT2D eigenvalue weighted by Crippen LogP contribution is 2.20. The average molecular weight is 287 g/mol. The van der Waals surface area contributed by atoms with Gasteiger partial charge in [-0.2, -0.15) is 0 Å². The molecule has 0 aliphatic heterocycles. The molecule has 0 aliphatic rings. The van der Waals surface area contributed by atoms with Crippen LogP contribution in [0.2, 0.25) is 0 Å². The molecule has 0 saturated heterocycles. The Morgan fingerprint density at radius 2 is 1.76 bits per heavy atom. The minimum atomic E-state index is -0.958. The Labute approximate surface area is 122 Å². The third-order valence-electron chi connectivity index (χ3n) is 3.02. The Balaban J connectivity index is 1.91. The van der Waals surface area contributed by atoms with Gasteiger partial charge in [-0.3, -0.25) is 10.0 Å². The minimum absolute atomic E-state index is 0.194. The maximum atomic E-state index is 11.0. The molecule has 2 aromatic rings. The summed E-state index contributed by atoms with van der Waals surface area (Å²) in [5, 5.41) is 18.2. The van der Waals surface area contributed by atoms with Crippen molar-refractivity contribution >= 4 is 5.91 Å². The summed E-state index contributed by atoms with van der Waals surface area (Å²) in [5.41, 5.74) is 3.15. The predicted molar refractivity (Wildman–Crippen MR) is 76.7 cm³/mol. The topological polar surface area (TPSA) is 78.8 Å². The Bertz CT molecular complexity index is 569. The second-order valence-electron chi connectivity index (χ2n) is 4.60. The number of hydroxylamine groups is 1. The molecule has 0 radical (unpaired) electrons. The number of nitrogens with one attached hydrogen (secondary N) is 1. The molecule has 1 amide bonds. The van der Waals surface area contributed by atoms with Gasteiger partial charge in [0.25, 0.3) is 0 Å². The molecular weight excluding hydrogens is 270 g/mol. The first-order valence-electron chi connectivity index (χ1n) is 6.56. The molecule has 5 heteroatoms. The van der Waals surface area contributed by atoms with Gasteiger partial charge in [-0.15, -0.1) is 0 Å². The molecule has 1 unspecified atom stereocenters. The SMILES string of the molecule is O=C(CC(O)c1ccc(OCc2ccccc2)cc1)NO. The van der Waals surface area contributed by atoms with Gasteiger partial charge < -0.3 is 9.84 Å². The van der Waals surface area contributed by atoms with Crippen LogP contribution in [0.25, 0.3) is 0 Å². The second kappa shape index (κ2) is 7.42. The fourth-order valence-electron chi connectivity index (χ4n) is 1.87. The highest BCUT2D eigenvalue weighted by atomic mass is 16.5. The second-order valence-corrected chi connectivity index (χ2v) is 4.60. The highest BCUT2D eigenvalue weighted by Gasteiger charge is 2.12. The lowest BCUT2D eigenvalue weighted by Gasteiger charge is -2.11. The highest BCUT2D eigenvalue weighted by molar-refractivity contribution is 5.75. The average Bonchev–Trinajstić information content (AvgIpc) is 2.54. The van der Waals surface area contributed by atoms with Crippen molar-refractivity contribution in [1.29, 1.82) is 0 Å². The van der Waals surface area contributed by atoms with E-state index in [-0.39, 0.29) is 6.42 Å². The molecule has 0 aliphatic carbocycles. The Morgan fingerprint density at radius 1 is 1.10 bits per heavy atom. The maximum Gasteiger partial charge on any atom is 0.246 e. The van der Waals surface area contributed by atoms with Crippen LogP contribution in [0.3, 0.4) is 0 Å². The van der Waals surface area contributed by atoms with Crippen LogP contribution < -0.4 is 10.2 Å². The zero-order valence-corrected chi connectivity index (χ0v) is 11.4. The quantitative estimate of drug-likeness (QED) is 0.562. The number of aliphatic hydroxyl groups excluding tert-OH is 1. The summed E-state index contributed by atoms with van der Waals surface area (Å²) in [6.45, 7) is 0.468. The summed E-state index contributed by atoms with van der Waals surface area (Å²) in [7, 11) is 0. The van der Waals surface area contributed by atoms with Crippen molar-refractivity contribution in [3.63, 3.8) is 0 Å². The van der Waals surface area contributed by atoms with Crippen molar-refractivity contribution in [2.45, 2.75) is 19.1 Å². The fourth-order valence-corrected chi connectivity index (χ4v) is 1.87. The van der Waals surface area contributed by atoms with Crippen molar-refractivity contribution in [2.75, 3.05) is 0 Å². The van der Waals surface area contributed by atoms with E-state index in [9.17, 15) is 9.90 Å². The molecule has 110 valence electrons. The van der Waals surface area contributed by atoms with Gasteiger partial charge >= 0.3 is 0 Å². The standard InChI is InChI=1S/C16H17NO4/c18-15(10-16(19)17-20)13-6-8-14(9-7-13)21-11-12-4-2-1-3-5-12/h1-9,15,18,20H,10-11H2,(H,17,19). The lowest BCUT2D eigenvalue weighted by molar-refractivity contribution is -0.131. The number of benzene rings is 2. The van der Waals surface area contributed by atoms with Crippen LogP contribution in [0, 0.1) is 0 Å². The van der Waals surface area contributed by atoms with E-state index in [1.54, 1.807) is 24.3 Å². The molecule has 0 bridgehead atoms. The van der Waals surface area contributed by atoms with Crippen molar-refractivity contribution in [2.24, 2.45) is 0 Å². The molecule has 0 fully saturated rings. The van der Waals surface area contributed by atoms with E-state index in [0.717, 1.165) is 5.56 Å². The van der Waals surface area contributed by atoms with Gasteiger partial charge in [-0.25, -0.2) is 5.48 Å². The normalized spacial score (nSPS) is 11.7. The molecule has 3 N–H and O–H groups in total. The van der Waals surface area contributed by atoms with Crippen LogP contribution in [0.4, 0.5) is 0 Å². The predicted octanol–water partition coefficient (Wildman–Crippen LogP) is 2.19. The number of amides is 1. The molecule has 2 rings (SSSR count). The van der Waals surface area contributed by atoms with Gasteiger partial charge in [0.15, 0.2) is 0 Å². The van der Waals surface area contributed by atoms with Crippen LogP contribution in [-0.2, 0) is 11.4 Å². The molecule has 0 saturated carbocycles. The number of rotatable bonds is 6. The first-order valence-corrected chi connectivity index (χ1v) is 6.56. The van der Waals surface area contributed by atoms with E-state index in [4.69, 9.17) is 9.94 Å². The van der Waals surface area contributed by atoms with E-state index in [1.165, 1.54) is 5.48 Å². The van der Waals surface area contributed by atoms with E-state index in [2.05, 4.69) is 0 Å². The molecular formula is C16H17NO4. The number of carbonyl (C=O) groups is 1. The Hall–Kier alpha value is -2.37. The van der Waals surface area contributed by atoms with E-state index in [0.29, 0.717) is 17.9 Å². The number of ether oxygens (including phenoxy) is 1. The summed E-state index contributed by atoms with van der Waals surface area (Å²) in [4.78, 5) is 11.0. The van der Waals surface area contributed by atoms with Crippen molar-refractivity contribution in [1.82, 2.24) is 5.48 Å². The summed E-state index contributed by atoms with van der Waals surface area (Å²) in [6, 6.07) is 16.6. The van der Waals surface area contributed by atoms with Crippen LogP contribution in [0.1, 0.15) is 23.7 Å². The van der Waals surface area contributed by atoms with Gasteiger partial charge in [-0.05, 0) is 23.3 Å². The van der Waals surface area contributed by atoms with Crippen LogP contribution in [0.5, 0.6) is 5.75 Å². The summed E-state index contributed by atoms with van der Waals surface area (Å²) in [5.74, 6) is 0.0494. The Morgan fingerprint density at radius 3 is 2.38 bits per heavy atom. The van der Waals surface area contributed by atoms with Crippen molar-refractivity contribution in [3.8, 4) is 5.75 Å². The molecule has 0 aromatic heterocycles. The van der Waals surface area contributed by atoms with E-state index >= 15 is 0 Å². The maximum absolute atomic E-state index is 11.0. The molecule has 0 spiro atoms. The zero-order chi connectivity index (χ0) is 15.1. The van der Waals surface area contributed by atoms with Gasteiger partial charge in [-0.1, -0.05) is 42.5 Å². The van der Waals surface area contributed by atoms with Gasteiger partial charge in [0.1, 0.15) is 12.4 Å². The number of carbonyl (C=O) groups excluding carboxylic acids is 1. The summed E-state index contributed by atoms with van der Waals surface area (Å²) < 4.78 is 5.63. The van der Waals surface area contributed by atoms with Gasteiger partial charge in [0.05, 0.1) is 12.5 Å². The lowest BCUT2D eigenvalue weighted by atomic mass is 10.1. The molecule has 5 nitrogen and oxygen atoms in total. The van der Waals surface area contributed by atoms with Crippen LogP contribution in [-0.4, -0.2) is 16.2 Å². The first kappa shape index (κ1) is 15.0. The largest absolute Gasteiger partial charge is 0.489 e. The molecule has 1 atom stereocenters. The first-order chi connectivity index (χ1) is 10.2. The summed E-state index contributed by atoms with van der Waals surface area (Å²) in [6.07, 6.45) is -1.15. The number of aliphatic hydroxyl groups is 1. The smallest absolute Gasteiger partial charge is 0.246 e. The number of hydrogen-bond donors (Lipinski definition) is 3. The van der Waals surface area contributed by atoms with Crippen molar-refractivity contribution in [3.05, 3.63) is 65.7 Å². The van der Waals surface area contributed by atoms with Crippen LogP contribution >= 0.6 is 0 Å². The lowest BCUT2D eigenvalue weighted by Crippen LogP contribution is -2.21. The molecule has 2 aromatic carbocycles. The van der Waals surface area contributed by atoms with E-state index in [1.807, 2.05) is 30.3 Å². The monoisotopic (exact) mass is 287 g/mol. The molecule has 21 heavy (non-hydrogen) atoms. The Kier molecular flexibility index (Phi) is 5.31. The van der Waals surface area contributed by atoms with Gasteiger partial charge in [0.2, 0.25) is 5.91 Å². The summed E-state index contributed by atoms with van der Waals surface area (Å²) >= 11 is 0. The third-order valence-corrected chi connectivity index (χ3v) is 3.02. The number of hydrogen-bond acceptors (Lipinski definition) is 4. The third kappa shape index (κ3) is 4.59. The van der Waals surface area contributed by atoms with E-state index < -0.39 is 12.0 Å². The molecule has 0 heterocycles. The fraction of sp³-hybridized carbons (Fsp3) is 0.188.